The highest BCUT2D eigenvalue weighted by atomic mass is 35.5. The summed E-state index contributed by atoms with van der Waals surface area (Å²) in [6.45, 7) is 0. The fourth-order valence-corrected chi connectivity index (χ4v) is 1.40. The largest absolute Gasteiger partial charge is 0.368 e. The van der Waals surface area contributed by atoms with Gasteiger partial charge in [0.15, 0.2) is 5.82 Å². The zero-order valence-corrected chi connectivity index (χ0v) is 8.37. The van der Waals surface area contributed by atoms with Gasteiger partial charge in [0.2, 0.25) is 5.95 Å². The molecule has 2 N–H and O–H groups in total. The van der Waals surface area contributed by atoms with Gasteiger partial charge in [0, 0.05) is 11.8 Å². The third kappa shape index (κ3) is 1.89. The van der Waals surface area contributed by atoms with Crippen LogP contribution in [0.2, 0.25) is 5.02 Å². The molecule has 15 heavy (non-hydrogen) atoms. The zero-order valence-electron chi connectivity index (χ0n) is 7.61. The minimum atomic E-state index is -0.503. The fourth-order valence-electron chi connectivity index (χ4n) is 1.23. The maximum Gasteiger partial charge on any atom is 0.220 e. The van der Waals surface area contributed by atoms with Crippen molar-refractivity contribution in [1.82, 2.24) is 9.97 Å². The third-order valence-electron chi connectivity index (χ3n) is 1.90. The first-order valence-corrected chi connectivity index (χ1v) is 4.59. The Hall–Kier alpha value is -1.68. The maximum absolute atomic E-state index is 13.6. The number of nitrogens with two attached hydrogens (primary N) is 1. The van der Waals surface area contributed by atoms with Crippen LogP contribution in [0.5, 0.6) is 0 Å². The van der Waals surface area contributed by atoms with E-state index in [0.717, 1.165) is 0 Å². The van der Waals surface area contributed by atoms with Crippen LogP contribution < -0.4 is 5.73 Å². The topological polar surface area (TPSA) is 51.8 Å². The highest BCUT2D eigenvalue weighted by Crippen LogP contribution is 2.25. The van der Waals surface area contributed by atoms with Crippen LogP contribution in [0, 0.1) is 5.82 Å². The molecule has 2 aromatic rings. The molecule has 0 amide bonds. The molecular weight excluding hydrogens is 217 g/mol. The molecule has 76 valence electrons. The molecule has 0 saturated heterocycles. The lowest BCUT2D eigenvalue weighted by Crippen LogP contribution is -1.96. The number of halogens is 2. The van der Waals surface area contributed by atoms with Crippen molar-refractivity contribution in [3.05, 3.63) is 41.3 Å². The number of anilines is 1. The number of hydrogen-bond acceptors (Lipinski definition) is 3. The van der Waals surface area contributed by atoms with Gasteiger partial charge in [-0.05, 0) is 18.2 Å². The van der Waals surface area contributed by atoms with Gasteiger partial charge in [0.25, 0.3) is 0 Å². The minimum absolute atomic E-state index is 0.0599. The molecule has 1 heterocycles. The Balaban J connectivity index is 2.59. The molecule has 0 aliphatic heterocycles. The number of rotatable bonds is 1. The fraction of sp³-hybridized carbons (Fsp3) is 0. The van der Waals surface area contributed by atoms with Crippen LogP contribution in [0.1, 0.15) is 0 Å². The van der Waals surface area contributed by atoms with E-state index in [2.05, 4.69) is 9.97 Å². The second-order valence-electron chi connectivity index (χ2n) is 2.90. The molecule has 0 aliphatic carbocycles. The molecular formula is C10H7ClFN3. The maximum atomic E-state index is 13.6. The second-order valence-corrected chi connectivity index (χ2v) is 3.31. The summed E-state index contributed by atoms with van der Waals surface area (Å²) in [5, 5.41) is 0.0599. The van der Waals surface area contributed by atoms with Gasteiger partial charge >= 0.3 is 0 Å². The number of aromatic nitrogens is 2. The molecule has 0 radical (unpaired) electrons. The normalized spacial score (nSPS) is 10.3. The number of nitrogens with zero attached hydrogens (tertiary/aromatic N) is 2. The van der Waals surface area contributed by atoms with Crippen LogP contribution in [0.25, 0.3) is 11.3 Å². The van der Waals surface area contributed by atoms with Crippen molar-refractivity contribution in [3.63, 3.8) is 0 Å². The lowest BCUT2D eigenvalue weighted by atomic mass is 10.1. The average molecular weight is 224 g/mol. The van der Waals surface area contributed by atoms with E-state index in [0.29, 0.717) is 11.3 Å². The molecule has 0 atom stereocenters. The molecule has 0 fully saturated rings. The summed E-state index contributed by atoms with van der Waals surface area (Å²) < 4.78 is 13.6. The van der Waals surface area contributed by atoms with Crippen molar-refractivity contribution in [3.8, 4) is 11.3 Å². The lowest BCUT2D eigenvalue weighted by Gasteiger charge is -2.03. The highest BCUT2D eigenvalue weighted by Gasteiger charge is 2.09. The average Bonchev–Trinajstić information content (AvgIpc) is 2.22. The Kier molecular flexibility index (Phi) is 2.51. The van der Waals surface area contributed by atoms with E-state index < -0.39 is 5.82 Å². The second kappa shape index (κ2) is 3.82. The van der Waals surface area contributed by atoms with E-state index >= 15 is 0 Å². The Labute approximate surface area is 90.7 Å². The van der Waals surface area contributed by atoms with Gasteiger partial charge in [-0.1, -0.05) is 17.7 Å². The van der Waals surface area contributed by atoms with Crippen molar-refractivity contribution in [1.29, 1.82) is 0 Å². The molecule has 3 nitrogen and oxygen atoms in total. The van der Waals surface area contributed by atoms with E-state index in [1.54, 1.807) is 18.2 Å². The molecule has 0 aliphatic rings. The number of hydrogen-bond donors (Lipinski definition) is 1. The molecule has 5 heteroatoms. The van der Waals surface area contributed by atoms with Gasteiger partial charge < -0.3 is 5.73 Å². The van der Waals surface area contributed by atoms with Gasteiger partial charge in [0.1, 0.15) is 0 Å². The Morgan fingerprint density at radius 1 is 1.27 bits per heavy atom. The Bertz CT molecular complexity index is 502. The summed E-state index contributed by atoms with van der Waals surface area (Å²) in [6, 6.07) is 6.29. The van der Waals surface area contributed by atoms with Crippen LogP contribution in [0.15, 0.2) is 30.5 Å². The lowest BCUT2D eigenvalue weighted by molar-refractivity contribution is 0.631. The van der Waals surface area contributed by atoms with Crippen molar-refractivity contribution in [2.24, 2.45) is 0 Å². The van der Waals surface area contributed by atoms with E-state index in [1.165, 1.54) is 12.3 Å². The standard InChI is InChI=1S/C10H7ClFN3/c11-7-3-1-2-6(9(7)12)8-4-5-14-10(13)15-8/h1-5H,(H2,13,14,15). The van der Waals surface area contributed by atoms with Gasteiger partial charge in [-0.25, -0.2) is 14.4 Å². The van der Waals surface area contributed by atoms with Crippen LogP contribution in [0.3, 0.4) is 0 Å². The van der Waals surface area contributed by atoms with E-state index in [4.69, 9.17) is 17.3 Å². The molecule has 0 bridgehead atoms. The van der Waals surface area contributed by atoms with Crippen LogP contribution >= 0.6 is 11.6 Å². The van der Waals surface area contributed by atoms with Crippen molar-refractivity contribution in [2.45, 2.75) is 0 Å². The van der Waals surface area contributed by atoms with Gasteiger partial charge in [-0.2, -0.15) is 0 Å². The molecule has 1 aromatic heterocycles. The Morgan fingerprint density at radius 3 is 2.80 bits per heavy atom. The van der Waals surface area contributed by atoms with Gasteiger partial charge in [-0.15, -0.1) is 0 Å². The van der Waals surface area contributed by atoms with Crippen LogP contribution in [-0.4, -0.2) is 9.97 Å². The van der Waals surface area contributed by atoms with Crippen LogP contribution in [-0.2, 0) is 0 Å². The van der Waals surface area contributed by atoms with Gasteiger partial charge in [-0.3, -0.25) is 0 Å². The summed E-state index contributed by atoms with van der Waals surface area (Å²) in [5.41, 5.74) is 6.14. The van der Waals surface area contributed by atoms with Crippen molar-refractivity contribution < 1.29 is 4.39 Å². The predicted molar refractivity (Wildman–Crippen MR) is 56.8 cm³/mol. The van der Waals surface area contributed by atoms with E-state index in [1.807, 2.05) is 0 Å². The molecule has 0 spiro atoms. The first-order chi connectivity index (χ1) is 7.18. The zero-order chi connectivity index (χ0) is 10.8. The smallest absolute Gasteiger partial charge is 0.220 e. The highest BCUT2D eigenvalue weighted by molar-refractivity contribution is 6.31. The summed E-state index contributed by atoms with van der Waals surface area (Å²) in [5.74, 6) is -0.399. The number of benzene rings is 1. The molecule has 0 saturated carbocycles. The van der Waals surface area contributed by atoms with Crippen LogP contribution in [0.4, 0.5) is 10.3 Å². The SMILES string of the molecule is Nc1nccc(-c2cccc(Cl)c2F)n1. The first kappa shape index (κ1) is 9.86. The summed E-state index contributed by atoms with van der Waals surface area (Å²) >= 11 is 5.65. The van der Waals surface area contributed by atoms with Gasteiger partial charge in [0.05, 0.1) is 10.7 Å². The quantitative estimate of drug-likeness (QED) is 0.808. The Morgan fingerprint density at radius 2 is 2.07 bits per heavy atom. The third-order valence-corrected chi connectivity index (χ3v) is 2.19. The predicted octanol–water partition coefficient (Wildman–Crippen LogP) is 2.52. The van der Waals surface area contributed by atoms with E-state index in [9.17, 15) is 4.39 Å². The minimum Gasteiger partial charge on any atom is -0.368 e. The summed E-state index contributed by atoms with van der Waals surface area (Å²) in [6.07, 6.45) is 1.47. The summed E-state index contributed by atoms with van der Waals surface area (Å²) in [7, 11) is 0. The molecule has 1 aromatic carbocycles. The van der Waals surface area contributed by atoms with E-state index in [-0.39, 0.29) is 11.0 Å². The molecule has 2 rings (SSSR count). The summed E-state index contributed by atoms with van der Waals surface area (Å²) in [4.78, 5) is 7.64. The first-order valence-electron chi connectivity index (χ1n) is 4.21. The monoisotopic (exact) mass is 223 g/mol. The molecule has 0 unspecified atom stereocenters. The van der Waals surface area contributed by atoms with Crippen molar-refractivity contribution >= 4 is 17.5 Å². The number of nitrogen functional groups attached to an aromatic ring is 1. The van der Waals surface area contributed by atoms with Crippen molar-refractivity contribution in [2.75, 3.05) is 5.73 Å².